The van der Waals surface area contributed by atoms with Gasteiger partial charge in [0.25, 0.3) is 11.8 Å². The molecule has 1 heterocycles. The monoisotopic (exact) mass is 560 g/mol. The van der Waals surface area contributed by atoms with Gasteiger partial charge >= 0.3 is 0 Å². The van der Waals surface area contributed by atoms with Gasteiger partial charge in [0, 0.05) is 35.6 Å². The fraction of sp³-hybridized carbons (Fsp3) is 0.375. The molecule has 41 heavy (non-hydrogen) atoms. The number of benzene rings is 2. The molecule has 9 nitrogen and oxygen atoms in total. The Morgan fingerprint density at radius 1 is 0.854 bits per heavy atom. The van der Waals surface area contributed by atoms with E-state index >= 15 is 0 Å². The van der Waals surface area contributed by atoms with E-state index in [1.807, 2.05) is 56.9 Å². The van der Waals surface area contributed by atoms with Crippen molar-refractivity contribution in [1.29, 1.82) is 0 Å². The van der Waals surface area contributed by atoms with Gasteiger partial charge in [0.1, 0.15) is 5.75 Å². The zero-order chi connectivity index (χ0) is 29.6. The average molecular weight is 561 g/mol. The van der Waals surface area contributed by atoms with E-state index in [0.717, 1.165) is 30.6 Å². The Kier molecular flexibility index (Phi) is 12.2. The molecule has 0 aliphatic carbocycles. The number of rotatable bonds is 15. The summed E-state index contributed by atoms with van der Waals surface area (Å²) in [5.74, 6) is 1.63. The van der Waals surface area contributed by atoms with E-state index in [1.54, 1.807) is 56.0 Å². The molecular weight excluding hydrogens is 520 g/mol. The van der Waals surface area contributed by atoms with Crippen LogP contribution in [0.4, 0.5) is 0 Å². The highest BCUT2D eigenvalue weighted by molar-refractivity contribution is 5.95. The van der Waals surface area contributed by atoms with Crippen LogP contribution in [0.2, 0.25) is 0 Å². The number of unbranched alkanes of at least 4 members (excludes halogenated alkanes) is 2. The molecule has 0 unspecified atom stereocenters. The maximum atomic E-state index is 13.0. The second-order valence-corrected chi connectivity index (χ2v) is 10.0. The number of ether oxygens (including phenoxy) is 3. The van der Waals surface area contributed by atoms with Crippen molar-refractivity contribution >= 4 is 18.0 Å². The van der Waals surface area contributed by atoms with Crippen molar-refractivity contribution in [3.63, 3.8) is 0 Å². The van der Waals surface area contributed by atoms with Gasteiger partial charge in [-0.1, -0.05) is 0 Å². The zero-order valence-electron chi connectivity index (χ0n) is 24.5. The number of aromatic nitrogens is 1. The largest absolute Gasteiger partial charge is 0.494 e. The van der Waals surface area contributed by atoms with Gasteiger partial charge in [-0.2, -0.15) is 5.10 Å². The van der Waals surface area contributed by atoms with Crippen LogP contribution in [-0.4, -0.2) is 60.3 Å². The van der Waals surface area contributed by atoms with Crippen molar-refractivity contribution < 1.29 is 23.8 Å². The first-order chi connectivity index (χ1) is 19.8. The molecule has 3 aromatic rings. The number of amides is 2. The predicted octanol–water partition coefficient (Wildman–Crippen LogP) is 5.74. The lowest BCUT2D eigenvalue weighted by Gasteiger charge is -2.31. The zero-order valence-corrected chi connectivity index (χ0v) is 24.5. The van der Waals surface area contributed by atoms with E-state index in [4.69, 9.17) is 14.2 Å². The second kappa shape index (κ2) is 16.0. The molecule has 0 aliphatic heterocycles. The molecule has 0 bridgehead atoms. The summed E-state index contributed by atoms with van der Waals surface area (Å²) in [6.45, 7) is 9.19. The minimum absolute atomic E-state index is 0.0203. The van der Waals surface area contributed by atoms with Crippen molar-refractivity contribution in [2.75, 3.05) is 20.3 Å². The topological polar surface area (TPSA) is 102 Å². The molecule has 0 saturated carbocycles. The van der Waals surface area contributed by atoms with E-state index in [-0.39, 0.29) is 23.9 Å². The lowest BCUT2D eigenvalue weighted by atomic mass is 10.1. The van der Waals surface area contributed by atoms with E-state index < -0.39 is 0 Å². The Balaban J connectivity index is 1.35. The number of hydrogen-bond donors (Lipinski definition) is 1. The molecule has 0 saturated heterocycles. The summed E-state index contributed by atoms with van der Waals surface area (Å²) in [7, 11) is 1.58. The van der Waals surface area contributed by atoms with Crippen LogP contribution in [0.25, 0.3) is 0 Å². The minimum atomic E-state index is -0.294. The first kappa shape index (κ1) is 31.1. The van der Waals surface area contributed by atoms with E-state index in [9.17, 15) is 9.59 Å². The number of pyridine rings is 1. The van der Waals surface area contributed by atoms with Crippen LogP contribution in [0.1, 0.15) is 73.2 Å². The highest BCUT2D eigenvalue weighted by Gasteiger charge is 2.22. The van der Waals surface area contributed by atoms with Crippen LogP contribution >= 0.6 is 0 Å². The van der Waals surface area contributed by atoms with Crippen LogP contribution in [0.5, 0.6) is 17.2 Å². The van der Waals surface area contributed by atoms with Crippen molar-refractivity contribution in [3.05, 3.63) is 83.7 Å². The van der Waals surface area contributed by atoms with Crippen molar-refractivity contribution in [2.45, 2.75) is 59.0 Å². The number of methoxy groups -OCH3 is 1. The summed E-state index contributed by atoms with van der Waals surface area (Å²) < 4.78 is 17.3. The SMILES string of the molecule is COc1cc(C(=O)N(C(C)C)C(C)C)ccc1OCCCCCOc1ccc(/C=N/NC(=O)c2ccncc2)cc1. The smallest absolute Gasteiger partial charge is 0.271 e. The van der Waals surface area contributed by atoms with Gasteiger partial charge in [-0.3, -0.25) is 14.6 Å². The summed E-state index contributed by atoms with van der Waals surface area (Å²) >= 11 is 0. The van der Waals surface area contributed by atoms with Crippen LogP contribution in [-0.2, 0) is 0 Å². The van der Waals surface area contributed by atoms with Gasteiger partial charge in [0.2, 0.25) is 0 Å². The van der Waals surface area contributed by atoms with Crippen LogP contribution in [0.3, 0.4) is 0 Å². The van der Waals surface area contributed by atoms with E-state index in [2.05, 4.69) is 15.5 Å². The molecule has 1 aromatic heterocycles. The van der Waals surface area contributed by atoms with Crippen molar-refractivity contribution in [2.24, 2.45) is 5.10 Å². The van der Waals surface area contributed by atoms with Crippen LogP contribution in [0.15, 0.2) is 72.1 Å². The van der Waals surface area contributed by atoms with E-state index in [1.165, 1.54) is 0 Å². The van der Waals surface area contributed by atoms with Gasteiger partial charge in [0.05, 0.1) is 26.5 Å². The summed E-state index contributed by atoms with van der Waals surface area (Å²) in [5, 5.41) is 3.99. The number of nitrogens with zero attached hydrogens (tertiary/aromatic N) is 3. The van der Waals surface area contributed by atoms with E-state index in [0.29, 0.717) is 35.8 Å². The maximum absolute atomic E-state index is 13.0. The quantitative estimate of drug-likeness (QED) is 0.144. The minimum Gasteiger partial charge on any atom is -0.494 e. The Labute approximate surface area is 242 Å². The second-order valence-electron chi connectivity index (χ2n) is 10.0. The van der Waals surface area contributed by atoms with Gasteiger partial charge < -0.3 is 19.1 Å². The maximum Gasteiger partial charge on any atom is 0.271 e. The van der Waals surface area contributed by atoms with Crippen LogP contribution < -0.4 is 19.6 Å². The Morgan fingerprint density at radius 3 is 2.15 bits per heavy atom. The molecule has 0 radical (unpaired) electrons. The fourth-order valence-electron chi connectivity index (χ4n) is 4.27. The fourth-order valence-corrected chi connectivity index (χ4v) is 4.27. The lowest BCUT2D eigenvalue weighted by molar-refractivity contribution is 0.0643. The first-order valence-corrected chi connectivity index (χ1v) is 13.9. The molecule has 9 heteroatoms. The number of hydrazone groups is 1. The Hall–Kier alpha value is -4.40. The third-order valence-electron chi connectivity index (χ3n) is 6.28. The molecule has 0 aliphatic rings. The Bertz CT molecular complexity index is 1270. The highest BCUT2D eigenvalue weighted by Crippen LogP contribution is 2.29. The molecule has 0 spiro atoms. The number of nitrogens with one attached hydrogen (secondary N) is 1. The van der Waals surface area contributed by atoms with Crippen LogP contribution in [0, 0.1) is 0 Å². The molecule has 2 amide bonds. The molecule has 2 aromatic carbocycles. The van der Waals surface area contributed by atoms with Crippen molar-refractivity contribution in [1.82, 2.24) is 15.3 Å². The van der Waals surface area contributed by atoms with Gasteiger partial charge in [0.15, 0.2) is 11.5 Å². The standard InChI is InChI=1S/C32H40N4O5/c1-23(2)36(24(3)4)32(38)27-11-14-29(30(21-27)39-5)41-20-8-6-7-19-40-28-12-9-25(10-13-28)22-34-35-31(37)26-15-17-33-18-16-26/h9-18,21-24H,6-8,19-20H2,1-5H3,(H,35,37)/b34-22+. The molecular formula is C32H40N4O5. The summed E-state index contributed by atoms with van der Waals surface area (Å²) in [6, 6.07) is 16.3. The van der Waals surface area contributed by atoms with Gasteiger partial charge in [-0.25, -0.2) is 5.43 Å². The molecule has 0 fully saturated rings. The normalized spacial score (nSPS) is 11.1. The first-order valence-electron chi connectivity index (χ1n) is 13.9. The molecule has 1 N–H and O–H groups in total. The lowest BCUT2D eigenvalue weighted by Crippen LogP contribution is -2.42. The third-order valence-corrected chi connectivity index (χ3v) is 6.28. The molecule has 218 valence electrons. The molecule has 3 rings (SSSR count). The molecule has 0 atom stereocenters. The number of carbonyl (C=O) groups excluding carboxylic acids is 2. The summed E-state index contributed by atoms with van der Waals surface area (Å²) in [6.07, 6.45) is 7.39. The number of hydrogen-bond acceptors (Lipinski definition) is 7. The summed E-state index contributed by atoms with van der Waals surface area (Å²) in [5.41, 5.74) is 4.42. The van der Waals surface area contributed by atoms with Gasteiger partial charge in [-0.15, -0.1) is 0 Å². The van der Waals surface area contributed by atoms with Crippen molar-refractivity contribution in [3.8, 4) is 17.2 Å². The third kappa shape index (κ3) is 9.63. The predicted molar refractivity (Wildman–Crippen MR) is 160 cm³/mol. The van der Waals surface area contributed by atoms with Gasteiger partial charge in [-0.05, 0) is 107 Å². The highest BCUT2D eigenvalue weighted by atomic mass is 16.5. The average Bonchev–Trinajstić information content (AvgIpc) is 2.97. The number of carbonyl (C=O) groups is 2. The summed E-state index contributed by atoms with van der Waals surface area (Å²) in [4.78, 5) is 30.7. The Morgan fingerprint density at radius 2 is 1.51 bits per heavy atom.